The van der Waals surface area contributed by atoms with E-state index in [0.29, 0.717) is 37.1 Å². The number of nitrogens with one attached hydrogen (secondary N) is 2. The van der Waals surface area contributed by atoms with Gasteiger partial charge in [-0.15, -0.1) is 0 Å². The Labute approximate surface area is 174 Å². The Hall–Kier alpha value is -3.34. The molecule has 0 unspecified atom stereocenters. The summed E-state index contributed by atoms with van der Waals surface area (Å²) in [4.78, 5) is 27.2. The van der Waals surface area contributed by atoms with Gasteiger partial charge in [-0.25, -0.2) is 0 Å². The summed E-state index contributed by atoms with van der Waals surface area (Å²) in [6.45, 7) is 0.557. The van der Waals surface area contributed by atoms with E-state index in [1.165, 1.54) is 12.8 Å². The number of fused-ring (bicyclic) bond motifs is 3. The van der Waals surface area contributed by atoms with Crippen LogP contribution in [0, 0.1) is 5.92 Å². The van der Waals surface area contributed by atoms with Crippen LogP contribution in [0.2, 0.25) is 0 Å². The van der Waals surface area contributed by atoms with Gasteiger partial charge in [0.1, 0.15) is 11.3 Å². The smallest absolute Gasteiger partial charge is 0.255 e. The van der Waals surface area contributed by atoms with E-state index >= 15 is 0 Å². The maximum atomic E-state index is 12.3. The molecular formula is C25H24N2O3. The van der Waals surface area contributed by atoms with E-state index in [1.54, 1.807) is 6.20 Å². The lowest BCUT2D eigenvalue weighted by molar-refractivity contribution is -0.121. The molecule has 2 aromatic carbocycles. The first kappa shape index (κ1) is 18.7. The molecule has 5 heteroatoms. The van der Waals surface area contributed by atoms with Gasteiger partial charge in [0.15, 0.2) is 0 Å². The average Bonchev–Trinajstić information content (AvgIpc) is 3.49. The van der Waals surface area contributed by atoms with Crippen molar-refractivity contribution in [3.63, 3.8) is 0 Å². The fraction of sp³-hybridized carbons (Fsp3) is 0.280. The van der Waals surface area contributed by atoms with E-state index in [1.807, 2.05) is 36.4 Å². The van der Waals surface area contributed by atoms with Crippen LogP contribution in [-0.2, 0) is 17.6 Å². The van der Waals surface area contributed by atoms with Gasteiger partial charge in [-0.05, 0) is 54.3 Å². The molecule has 0 spiro atoms. The van der Waals surface area contributed by atoms with Crippen molar-refractivity contribution in [2.75, 3.05) is 6.54 Å². The van der Waals surface area contributed by atoms with Gasteiger partial charge in [-0.3, -0.25) is 9.59 Å². The second-order valence-electron chi connectivity index (χ2n) is 8.12. The minimum absolute atomic E-state index is 0.108. The van der Waals surface area contributed by atoms with Gasteiger partial charge in [-0.1, -0.05) is 30.3 Å². The van der Waals surface area contributed by atoms with E-state index in [-0.39, 0.29) is 11.5 Å². The predicted molar refractivity (Wildman–Crippen MR) is 118 cm³/mol. The molecule has 2 N–H and O–H groups in total. The van der Waals surface area contributed by atoms with Crippen LogP contribution < -0.4 is 10.9 Å². The molecule has 2 aromatic heterocycles. The number of aromatic nitrogens is 1. The molecule has 4 aromatic rings. The van der Waals surface area contributed by atoms with Crippen molar-refractivity contribution in [3.8, 4) is 0 Å². The molecule has 152 valence electrons. The Bertz CT molecular complexity index is 1270. The molecule has 0 saturated heterocycles. The van der Waals surface area contributed by atoms with Crippen LogP contribution in [0.15, 0.2) is 63.9 Å². The topological polar surface area (TPSA) is 75.1 Å². The molecule has 0 radical (unpaired) electrons. The normalized spacial score (nSPS) is 13.7. The van der Waals surface area contributed by atoms with Crippen molar-refractivity contribution in [2.24, 2.45) is 5.92 Å². The number of hydrogen-bond donors (Lipinski definition) is 2. The Morgan fingerprint density at radius 2 is 1.90 bits per heavy atom. The predicted octanol–water partition coefficient (Wildman–Crippen LogP) is 4.32. The lowest BCUT2D eigenvalue weighted by atomic mass is 9.99. The summed E-state index contributed by atoms with van der Waals surface area (Å²) < 4.78 is 6.26. The minimum Gasteiger partial charge on any atom is -0.460 e. The number of rotatable bonds is 7. The van der Waals surface area contributed by atoms with Crippen molar-refractivity contribution in [2.45, 2.75) is 32.1 Å². The molecule has 0 aliphatic heterocycles. The summed E-state index contributed by atoms with van der Waals surface area (Å²) in [5.41, 5.74) is 2.90. The number of amides is 1. The van der Waals surface area contributed by atoms with Crippen LogP contribution in [0.25, 0.3) is 21.7 Å². The lowest BCUT2D eigenvalue weighted by Gasteiger charge is -2.07. The molecular weight excluding hydrogens is 376 g/mol. The molecule has 30 heavy (non-hydrogen) atoms. The van der Waals surface area contributed by atoms with Gasteiger partial charge in [0.2, 0.25) is 5.91 Å². The van der Waals surface area contributed by atoms with E-state index < -0.39 is 0 Å². The standard InChI is InChI=1S/C25H24N2O3/c28-23(15-17-6-7-17)26-12-11-20-22(14-16-4-2-1-3-5-16)30-21-9-8-19-18(24(20)21)10-13-27-25(19)29/h1-5,8-10,13,17H,6-7,11-12,14-15H2,(H,26,28)(H,27,29). The van der Waals surface area contributed by atoms with Crippen LogP contribution in [-0.4, -0.2) is 17.4 Å². The van der Waals surface area contributed by atoms with Gasteiger partial charge in [0.05, 0.1) is 0 Å². The number of pyridine rings is 1. The summed E-state index contributed by atoms with van der Waals surface area (Å²) in [6, 6.07) is 15.8. The molecule has 2 heterocycles. The fourth-order valence-corrected chi connectivity index (χ4v) is 4.15. The summed E-state index contributed by atoms with van der Waals surface area (Å²) in [6.07, 6.45) is 5.97. The van der Waals surface area contributed by atoms with E-state index in [4.69, 9.17) is 4.42 Å². The van der Waals surface area contributed by atoms with Crippen molar-refractivity contribution in [1.82, 2.24) is 10.3 Å². The van der Waals surface area contributed by atoms with E-state index in [9.17, 15) is 9.59 Å². The maximum absolute atomic E-state index is 12.3. The first-order valence-corrected chi connectivity index (χ1v) is 10.5. The molecule has 1 amide bonds. The molecule has 0 bridgehead atoms. The molecule has 1 saturated carbocycles. The van der Waals surface area contributed by atoms with Gasteiger partial charge >= 0.3 is 0 Å². The van der Waals surface area contributed by atoms with Gasteiger partial charge < -0.3 is 14.7 Å². The largest absolute Gasteiger partial charge is 0.460 e. The average molecular weight is 400 g/mol. The molecule has 1 aliphatic carbocycles. The third kappa shape index (κ3) is 3.75. The number of carbonyl (C=O) groups excluding carboxylic acids is 1. The number of benzene rings is 2. The highest BCUT2D eigenvalue weighted by Gasteiger charge is 2.24. The highest BCUT2D eigenvalue weighted by Crippen LogP contribution is 2.34. The molecule has 0 atom stereocenters. The number of furan rings is 1. The second-order valence-corrected chi connectivity index (χ2v) is 8.12. The Morgan fingerprint density at radius 1 is 1.07 bits per heavy atom. The lowest BCUT2D eigenvalue weighted by Crippen LogP contribution is -2.26. The monoisotopic (exact) mass is 400 g/mol. The van der Waals surface area contributed by atoms with Crippen molar-refractivity contribution in [1.29, 1.82) is 0 Å². The van der Waals surface area contributed by atoms with Crippen molar-refractivity contribution < 1.29 is 9.21 Å². The second kappa shape index (κ2) is 7.82. The first-order valence-electron chi connectivity index (χ1n) is 10.5. The van der Waals surface area contributed by atoms with Gasteiger partial charge in [0.25, 0.3) is 5.56 Å². The first-order chi connectivity index (χ1) is 14.7. The third-order valence-corrected chi connectivity index (χ3v) is 5.86. The number of aromatic amines is 1. The number of hydrogen-bond acceptors (Lipinski definition) is 3. The van der Waals surface area contributed by atoms with Crippen LogP contribution in [0.3, 0.4) is 0 Å². The molecule has 1 aliphatic rings. The molecule has 5 nitrogen and oxygen atoms in total. The summed E-state index contributed by atoms with van der Waals surface area (Å²) in [5.74, 6) is 1.58. The van der Waals surface area contributed by atoms with E-state index in [0.717, 1.165) is 33.2 Å². The summed E-state index contributed by atoms with van der Waals surface area (Å²) >= 11 is 0. The summed E-state index contributed by atoms with van der Waals surface area (Å²) in [7, 11) is 0. The molecule has 5 rings (SSSR count). The highest BCUT2D eigenvalue weighted by molar-refractivity contribution is 6.07. The van der Waals surface area contributed by atoms with Crippen molar-refractivity contribution >= 4 is 27.6 Å². The minimum atomic E-state index is -0.108. The van der Waals surface area contributed by atoms with Gasteiger partial charge in [0, 0.05) is 41.9 Å². The highest BCUT2D eigenvalue weighted by atomic mass is 16.3. The quantitative estimate of drug-likeness (QED) is 0.485. The zero-order chi connectivity index (χ0) is 20.5. The zero-order valence-electron chi connectivity index (χ0n) is 16.7. The number of H-pyrrole nitrogens is 1. The third-order valence-electron chi connectivity index (χ3n) is 5.86. The Kier molecular flexibility index (Phi) is 4.87. The van der Waals surface area contributed by atoms with Crippen LogP contribution in [0.4, 0.5) is 0 Å². The van der Waals surface area contributed by atoms with Crippen LogP contribution in [0.1, 0.15) is 36.1 Å². The Balaban J connectivity index is 1.52. The number of carbonyl (C=O) groups is 1. The fourth-order valence-electron chi connectivity index (χ4n) is 4.15. The molecule has 1 fully saturated rings. The van der Waals surface area contributed by atoms with Crippen LogP contribution >= 0.6 is 0 Å². The van der Waals surface area contributed by atoms with Crippen molar-refractivity contribution in [3.05, 3.63) is 82.0 Å². The van der Waals surface area contributed by atoms with E-state index in [2.05, 4.69) is 22.4 Å². The maximum Gasteiger partial charge on any atom is 0.255 e. The SMILES string of the molecule is O=C(CC1CC1)NCCc1c(Cc2ccccc2)oc2ccc3c(=O)[nH]ccc3c12. The van der Waals surface area contributed by atoms with Gasteiger partial charge in [-0.2, -0.15) is 0 Å². The van der Waals surface area contributed by atoms with Crippen LogP contribution in [0.5, 0.6) is 0 Å². The zero-order valence-corrected chi connectivity index (χ0v) is 16.7. The summed E-state index contributed by atoms with van der Waals surface area (Å²) in [5, 5.41) is 5.57. The Morgan fingerprint density at radius 3 is 2.70 bits per heavy atom.